The minimum atomic E-state index is 0.964. The molecule has 0 radical (unpaired) electrons. The molecule has 3 aromatic heterocycles. The van der Waals surface area contributed by atoms with Crippen LogP contribution in [0.3, 0.4) is 0 Å². The van der Waals surface area contributed by atoms with Gasteiger partial charge in [-0.2, -0.15) is 0 Å². The molecule has 0 spiro atoms. The summed E-state index contributed by atoms with van der Waals surface area (Å²) in [7, 11) is 0. The lowest BCUT2D eigenvalue weighted by atomic mass is 9.98. The fourth-order valence-corrected chi connectivity index (χ4v) is 5.32. The number of benzene rings is 4. The van der Waals surface area contributed by atoms with Crippen molar-refractivity contribution in [2.24, 2.45) is 0 Å². The van der Waals surface area contributed by atoms with Crippen LogP contribution in [0.2, 0.25) is 0 Å². The van der Waals surface area contributed by atoms with E-state index in [1.54, 1.807) is 0 Å². The van der Waals surface area contributed by atoms with Crippen molar-refractivity contribution >= 4 is 49.1 Å². The van der Waals surface area contributed by atoms with Gasteiger partial charge in [-0.25, -0.2) is 4.98 Å². The zero-order valence-electron chi connectivity index (χ0n) is 17.8. The molecule has 0 amide bonds. The van der Waals surface area contributed by atoms with Crippen LogP contribution in [0.4, 0.5) is 0 Å². The molecule has 152 valence electrons. The first-order chi connectivity index (χ1) is 15.8. The Morgan fingerprint density at radius 1 is 0.625 bits per heavy atom. The van der Waals surface area contributed by atoms with E-state index in [0.29, 0.717) is 0 Å². The molecule has 0 aliphatic carbocycles. The van der Waals surface area contributed by atoms with Gasteiger partial charge in [-0.1, -0.05) is 48.5 Å². The van der Waals surface area contributed by atoms with Crippen molar-refractivity contribution in [1.29, 1.82) is 0 Å². The van der Waals surface area contributed by atoms with Crippen molar-refractivity contribution in [2.75, 3.05) is 0 Å². The Morgan fingerprint density at radius 3 is 2.09 bits per heavy atom. The highest BCUT2D eigenvalue weighted by Gasteiger charge is 2.13. The average Bonchev–Trinajstić information content (AvgIpc) is 3.47. The van der Waals surface area contributed by atoms with Crippen LogP contribution < -0.4 is 0 Å². The molecule has 0 aliphatic rings. The van der Waals surface area contributed by atoms with Crippen molar-refractivity contribution in [3.05, 3.63) is 97.3 Å². The van der Waals surface area contributed by atoms with Crippen molar-refractivity contribution in [3.63, 3.8) is 0 Å². The molecule has 7 aromatic rings. The molecule has 0 bridgehead atoms. The van der Waals surface area contributed by atoms with E-state index in [9.17, 15) is 0 Å². The summed E-state index contributed by atoms with van der Waals surface area (Å²) in [5.41, 5.74) is 7.26. The highest BCUT2D eigenvalue weighted by atomic mass is 15.0. The standard InChI is InChI=1S/C29H21N3/c1-2-31-26-9-5-4-8-22(26)25-18-20(12-14-28(25)31)19-11-13-23-24(17-19)21-7-3-6-10-27(21)32-16-15-30-29(23)32/h3-18H,2H2,1H3. The molecule has 3 heterocycles. The van der Waals surface area contributed by atoms with Gasteiger partial charge in [0.25, 0.3) is 0 Å². The van der Waals surface area contributed by atoms with Crippen LogP contribution >= 0.6 is 0 Å². The number of hydrogen-bond acceptors (Lipinski definition) is 1. The summed E-state index contributed by atoms with van der Waals surface area (Å²) in [5, 5.41) is 6.30. The largest absolute Gasteiger partial charge is 0.341 e. The van der Waals surface area contributed by atoms with Gasteiger partial charge in [0.2, 0.25) is 0 Å². The highest BCUT2D eigenvalue weighted by molar-refractivity contribution is 6.13. The summed E-state index contributed by atoms with van der Waals surface area (Å²) in [6, 6.07) is 30.9. The van der Waals surface area contributed by atoms with E-state index in [0.717, 1.165) is 12.2 Å². The molecule has 0 saturated carbocycles. The van der Waals surface area contributed by atoms with Gasteiger partial charge in [0.05, 0.1) is 5.52 Å². The van der Waals surface area contributed by atoms with E-state index < -0.39 is 0 Å². The Labute approximate surface area is 185 Å². The predicted octanol–water partition coefficient (Wildman–Crippen LogP) is 7.44. The zero-order valence-corrected chi connectivity index (χ0v) is 17.8. The minimum absolute atomic E-state index is 0.964. The van der Waals surface area contributed by atoms with Gasteiger partial charge in [0.15, 0.2) is 0 Å². The van der Waals surface area contributed by atoms with E-state index in [-0.39, 0.29) is 0 Å². The molecule has 0 atom stereocenters. The van der Waals surface area contributed by atoms with E-state index in [1.165, 1.54) is 54.6 Å². The third-order valence-corrected chi connectivity index (χ3v) is 6.78. The topological polar surface area (TPSA) is 22.2 Å². The maximum absolute atomic E-state index is 4.65. The maximum Gasteiger partial charge on any atom is 0.145 e. The number of imidazole rings is 1. The van der Waals surface area contributed by atoms with Crippen LogP contribution in [0.15, 0.2) is 97.3 Å². The summed E-state index contributed by atoms with van der Waals surface area (Å²) in [4.78, 5) is 4.65. The predicted molar refractivity (Wildman–Crippen MR) is 134 cm³/mol. The lowest BCUT2D eigenvalue weighted by Crippen LogP contribution is -1.92. The third-order valence-electron chi connectivity index (χ3n) is 6.78. The normalized spacial score (nSPS) is 12.0. The van der Waals surface area contributed by atoms with E-state index in [1.807, 2.05) is 12.4 Å². The molecule has 0 N–H and O–H groups in total. The molecular weight excluding hydrogens is 390 g/mol. The van der Waals surface area contributed by atoms with Crippen LogP contribution in [0.25, 0.3) is 60.3 Å². The van der Waals surface area contributed by atoms with Gasteiger partial charge >= 0.3 is 0 Å². The van der Waals surface area contributed by atoms with E-state index >= 15 is 0 Å². The smallest absolute Gasteiger partial charge is 0.145 e. The second-order valence-corrected chi connectivity index (χ2v) is 8.39. The summed E-state index contributed by atoms with van der Waals surface area (Å²) in [6.45, 7) is 3.18. The van der Waals surface area contributed by atoms with Crippen molar-refractivity contribution in [2.45, 2.75) is 13.5 Å². The number of rotatable bonds is 2. The number of nitrogens with zero attached hydrogens (tertiary/aromatic N) is 3. The van der Waals surface area contributed by atoms with Gasteiger partial charge in [0.1, 0.15) is 5.65 Å². The Balaban J connectivity index is 1.53. The van der Waals surface area contributed by atoms with Crippen molar-refractivity contribution in [1.82, 2.24) is 14.0 Å². The number of para-hydroxylation sites is 2. The number of aromatic nitrogens is 3. The van der Waals surface area contributed by atoms with Crippen LogP contribution in [-0.2, 0) is 6.54 Å². The maximum atomic E-state index is 4.65. The van der Waals surface area contributed by atoms with Gasteiger partial charge in [-0.05, 0) is 59.8 Å². The van der Waals surface area contributed by atoms with Crippen molar-refractivity contribution < 1.29 is 0 Å². The van der Waals surface area contributed by atoms with Gasteiger partial charge in [0, 0.05) is 51.5 Å². The molecule has 0 unspecified atom stereocenters. The molecule has 7 rings (SSSR count). The SMILES string of the molecule is CCn1c2ccccc2c2cc(-c3ccc4c(c3)c3ccccc3n3ccnc43)ccc21. The summed E-state index contributed by atoms with van der Waals surface area (Å²) >= 11 is 0. The fourth-order valence-electron chi connectivity index (χ4n) is 5.32. The zero-order chi connectivity index (χ0) is 21.2. The molecule has 3 heteroatoms. The Morgan fingerprint density at radius 2 is 1.28 bits per heavy atom. The second-order valence-electron chi connectivity index (χ2n) is 8.39. The quantitative estimate of drug-likeness (QED) is 0.271. The molecular formula is C29H21N3. The van der Waals surface area contributed by atoms with Crippen LogP contribution in [-0.4, -0.2) is 14.0 Å². The van der Waals surface area contributed by atoms with E-state index in [4.69, 9.17) is 0 Å². The first-order valence-corrected chi connectivity index (χ1v) is 11.1. The highest BCUT2D eigenvalue weighted by Crippen LogP contribution is 2.35. The lowest BCUT2D eigenvalue weighted by molar-refractivity contribution is 0.827. The number of fused-ring (bicyclic) bond motifs is 9. The third kappa shape index (κ3) is 2.28. The second kappa shape index (κ2) is 6.44. The van der Waals surface area contributed by atoms with Gasteiger partial charge in [-0.3, -0.25) is 4.40 Å². The minimum Gasteiger partial charge on any atom is -0.341 e. The molecule has 4 aromatic carbocycles. The Bertz CT molecular complexity index is 1820. The number of aryl methyl sites for hydroxylation is 1. The van der Waals surface area contributed by atoms with Crippen LogP contribution in [0, 0.1) is 0 Å². The van der Waals surface area contributed by atoms with Crippen LogP contribution in [0.1, 0.15) is 6.92 Å². The summed E-state index contributed by atoms with van der Waals surface area (Å²) < 4.78 is 4.58. The van der Waals surface area contributed by atoms with Gasteiger partial charge < -0.3 is 4.57 Å². The summed E-state index contributed by atoms with van der Waals surface area (Å²) in [5.74, 6) is 0. The monoisotopic (exact) mass is 411 g/mol. The molecule has 0 fully saturated rings. The number of hydrogen-bond donors (Lipinski definition) is 0. The first kappa shape index (κ1) is 17.6. The molecule has 0 saturated heterocycles. The first-order valence-electron chi connectivity index (χ1n) is 11.1. The average molecular weight is 412 g/mol. The number of pyridine rings is 1. The van der Waals surface area contributed by atoms with Crippen LogP contribution in [0.5, 0.6) is 0 Å². The molecule has 3 nitrogen and oxygen atoms in total. The lowest BCUT2D eigenvalue weighted by Gasteiger charge is -2.10. The molecule has 0 aliphatic heterocycles. The van der Waals surface area contributed by atoms with E-state index in [2.05, 4.69) is 106 Å². The summed E-state index contributed by atoms with van der Waals surface area (Å²) in [6.07, 6.45) is 3.93. The van der Waals surface area contributed by atoms with Gasteiger partial charge in [-0.15, -0.1) is 0 Å². The fraction of sp³-hybridized carbons (Fsp3) is 0.0690. The van der Waals surface area contributed by atoms with Crippen molar-refractivity contribution in [3.8, 4) is 11.1 Å². The Kier molecular flexibility index (Phi) is 3.54. The Hall–Kier alpha value is -4.11. The molecule has 32 heavy (non-hydrogen) atoms.